The molecule has 1 atom stereocenters. The number of ether oxygens (including phenoxy) is 1. The fourth-order valence-corrected chi connectivity index (χ4v) is 2.71. The average molecular weight is 284 g/mol. The Morgan fingerprint density at radius 1 is 1.29 bits per heavy atom. The van der Waals surface area contributed by atoms with Gasteiger partial charge in [-0.05, 0) is 18.4 Å². The number of hydrogen-bond acceptors (Lipinski definition) is 3. The Bertz CT molecular complexity index is 636. The van der Waals surface area contributed by atoms with Crippen molar-refractivity contribution in [2.24, 2.45) is 0 Å². The number of nitrogens with one attached hydrogen (secondary N) is 1. The Kier molecular flexibility index (Phi) is 4.06. The van der Waals surface area contributed by atoms with Crippen LogP contribution in [-0.2, 0) is 9.53 Å². The summed E-state index contributed by atoms with van der Waals surface area (Å²) in [7, 11) is 0. The molecule has 0 spiro atoms. The summed E-state index contributed by atoms with van der Waals surface area (Å²) in [6.07, 6.45) is 0.125. The van der Waals surface area contributed by atoms with Crippen molar-refractivity contribution in [3.63, 3.8) is 0 Å². The maximum atomic E-state index is 12.3. The highest BCUT2D eigenvalue weighted by Gasteiger charge is 2.20. The third-order valence-corrected chi connectivity index (χ3v) is 3.81. The maximum Gasteiger partial charge on any atom is 0.242 e. The summed E-state index contributed by atoms with van der Waals surface area (Å²) in [6.45, 7) is 4.30. The van der Waals surface area contributed by atoms with E-state index in [0.717, 1.165) is 11.1 Å². The minimum atomic E-state index is 0.123. The Labute approximate surface area is 124 Å². The molecule has 1 aliphatic heterocycles. The van der Waals surface area contributed by atoms with E-state index >= 15 is 0 Å². The summed E-state index contributed by atoms with van der Waals surface area (Å²) in [5.74, 6) is 0.123. The summed E-state index contributed by atoms with van der Waals surface area (Å²) < 4.78 is 5.46. The van der Waals surface area contributed by atoms with Crippen LogP contribution in [0.2, 0.25) is 0 Å². The number of carbonyl (C=O) groups excluding carboxylic acids is 1. The van der Waals surface area contributed by atoms with Gasteiger partial charge >= 0.3 is 0 Å². The van der Waals surface area contributed by atoms with Crippen LogP contribution in [0, 0.1) is 0 Å². The number of anilines is 1. The molecule has 4 nitrogen and oxygen atoms in total. The van der Waals surface area contributed by atoms with Gasteiger partial charge in [-0.2, -0.15) is 0 Å². The first-order valence-corrected chi connectivity index (χ1v) is 7.35. The summed E-state index contributed by atoms with van der Waals surface area (Å²) in [5, 5.41) is 5.59. The molecule has 0 saturated carbocycles. The van der Waals surface area contributed by atoms with Crippen LogP contribution in [0.15, 0.2) is 42.5 Å². The minimum absolute atomic E-state index is 0.123. The maximum absolute atomic E-state index is 12.3. The molecule has 2 aromatic carbocycles. The molecule has 1 heterocycles. The smallest absolute Gasteiger partial charge is 0.242 e. The lowest BCUT2D eigenvalue weighted by molar-refractivity contribution is -0.136. The molecule has 4 heteroatoms. The SMILES string of the molecule is CC1CN(C(=O)CNc2cccc3ccccc23)CCO1. The van der Waals surface area contributed by atoms with Crippen LogP contribution in [0.1, 0.15) is 6.92 Å². The van der Waals surface area contributed by atoms with E-state index in [1.807, 2.05) is 36.1 Å². The van der Waals surface area contributed by atoms with Gasteiger partial charge < -0.3 is 15.0 Å². The number of hydrogen-bond donors (Lipinski definition) is 1. The monoisotopic (exact) mass is 284 g/mol. The van der Waals surface area contributed by atoms with Gasteiger partial charge in [0.15, 0.2) is 0 Å². The van der Waals surface area contributed by atoms with Gasteiger partial charge in [0, 0.05) is 24.2 Å². The van der Waals surface area contributed by atoms with Crippen molar-refractivity contribution in [3.8, 4) is 0 Å². The van der Waals surface area contributed by atoms with E-state index in [1.54, 1.807) is 0 Å². The third-order valence-electron chi connectivity index (χ3n) is 3.81. The van der Waals surface area contributed by atoms with Crippen molar-refractivity contribution in [1.82, 2.24) is 4.90 Å². The number of rotatable bonds is 3. The van der Waals surface area contributed by atoms with E-state index in [9.17, 15) is 4.79 Å². The molecule has 1 N–H and O–H groups in total. The van der Waals surface area contributed by atoms with Gasteiger partial charge in [0.05, 0.1) is 19.3 Å². The molecule has 1 amide bonds. The standard InChI is InChI=1S/C17H20N2O2/c1-13-12-19(9-10-21-13)17(20)11-18-16-8-4-6-14-5-2-3-7-15(14)16/h2-8,13,18H,9-12H2,1H3. The number of morpholine rings is 1. The first-order valence-electron chi connectivity index (χ1n) is 7.35. The second-order valence-electron chi connectivity index (χ2n) is 5.40. The van der Waals surface area contributed by atoms with E-state index in [2.05, 4.69) is 23.5 Å². The summed E-state index contributed by atoms with van der Waals surface area (Å²) >= 11 is 0. The van der Waals surface area contributed by atoms with Gasteiger partial charge in [0.2, 0.25) is 5.91 Å². The number of carbonyl (C=O) groups is 1. The normalized spacial score (nSPS) is 18.7. The lowest BCUT2D eigenvalue weighted by Crippen LogP contribution is -2.46. The molecular weight excluding hydrogens is 264 g/mol. The summed E-state index contributed by atoms with van der Waals surface area (Å²) in [6, 6.07) is 14.3. The largest absolute Gasteiger partial charge is 0.376 e. The van der Waals surface area contributed by atoms with Crippen LogP contribution in [0.5, 0.6) is 0 Å². The Hall–Kier alpha value is -2.07. The van der Waals surface area contributed by atoms with Crippen LogP contribution in [-0.4, -0.2) is 43.2 Å². The van der Waals surface area contributed by atoms with Crippen molar-refractivity contribution in [1.29, 1.82) is 0 Å². The Morgan fingerprint density at radius 3 is 2.95 bits per heavy atom. The molecular formula is C17H20N2O2. The number of amides is 1. The third kappa shape index (κ3) is 3.16. The van der Waals surface area contributed by atoms with Crippen LogP contribution in [0.4, 0.5) is 5.69 Å². The second-order valence-corrected chi connectivity index (χ2v) is 5.40. The molecule has 0 radical (unpaired) electrons. The highest BCUT2D eigenvalue weighted by molar-refractivity contribution is 5.95. The van der Waals surface area contributed by atoms with Crippen molar-refractivity contribution >= 4 is 22.4 Å². The highest BCUT2D eigenvalue weighted by Crippen LogP contribution is 2.22. The molecule has 0 bridgehead atoms. The van der Waals surface area contributed by atoms with E-state index in [0.29, 0.717) is 26.2 Å². The zero-order chi connectivity index (χ0) is 14.7. The molecule has 2 aromatic rings. The van der Waals surface area contributed by atoms with Crippen molar-refractivity contribution in [2.45, 2.75) is 13.0 Å². The molecule has 1 saturated heterocycles. The average Bonchev–Trinajstić information content (AvgIpc) is 2.52. The van der Waals surface area contributed by atoms with Gasteiger partial charge in [-0.15, -0.1) is 0 Å². The topological polar surface area (TPSA) is 41.6 Å². The van der Waals surface area contributed by atoms with Crippen LogP contribution in [0.3, 0.4) is 0 Å². The molecule has 0 aromatic heterocycles. The Balaban J connectivity index is 1.67. The molecule has 3 rings (SSSR count). The minimum Gasteiger partial charge on any atom is -0.376 e. The van der Waals surface area contributed by atoms with E-state index in [4.69, 9.17) is 4.74 Å². The molecule has 1 fully saturated rings. The first kappa shape index (κ1) is 13.9. The van der Waals surface area contributed by atoms with Crippen molar-refractivity contribution < 1.29 is 9.53 Å². The molecule has 110 valence electrons. The molecule has 1 unspecified atom stereocenters. The fraction of sp³-hybridized carbons (Fsp3) is 0.353. The predicted octanol–water partition coefficient (Wildman–Crippen LogP) is 2.50. The van der Waals surface area contributed by atoms with Gasteiger partial charge in [-0.3, -0.25) is 4.79 Å². The number of nitrogens with zero attached hydrogens (tertiary/aromatic N) is 1. The lowest BCUT2D eigenvalue weighted by Gasteiger charge is -2.31. The van der Waals surface area contributed by atoms with Gasteiger partial charge in [0.1, 0.15) is 0 Å². The van der Waals surface area contributed by atoms with Gasteiger partial charge in [0.25, 0.3) is 0 Å². The van der Waals surface area contributed by atoms with E-state index in [-0.39, 0.29) is 12.0 Å². The molecule has 21 heavy (non-hydrogen) atoms. The fourth-order valence-electron chi connectivity index (χ4n) is 2.71. The predicted molar refractivity (Wildman–Crippen MR) is 84.4 cm³/mol. The van der Waals surface area contributed by atoms with Crippen molar-refractivity contribution in [2.75, 3.05) is 31.6 Å². The van der Waals surface area contributed by atoms with E-state index in [1.165, 1.54) is 5.39 Å². The molecule has 1 aliphatic rings. The number of benzene rings is 2. The Morgan fingerprint density at radius 2 is 2.10 bits per heavy atom. The van der Waals surface area contributed by atoms with Crippen LogP contribution in [0.25, 0.3) is 10.8 Å². The van der Waals surface area contributed by atoms with Crippen LogP contribution < -0.4 is 5.32 Å². The number of fused-ring (bicyclic) bond motifs is 1. The van der Waals surface area contributed by atoms with Gasteiger partial charge in [-0.25, -0.2) is 0 Å². The summed E-state index contributed by atoms with van der Waals surface area (Å²) in [5.41, 5.74) is 1.00. The van der Waals surface area contributed by atoms with E-state index < -0.39 is 0 Å². The zero-order valence-corrected chi connectivity index (χ0v) is 12.2. The first-order chi connectivity index (χ1) is 10.2. The van der Waals surface area contributed by atoms with Gasteiger partial charge in [-0.1, -0.05) is 36.4 Å². The van der Waals surface area contributed by atoms with Crippen molar-refractivity contribution in [3.05, 3.63) is 42.5 Å². The van der Waals surface area contributed by atoms with Crippen LogP contribution >= 0.6 is 0 Å². The quantitative estimate of drug-likeness (QED) is 0.941. The summed E-state index contributed by atoms with van der Waals surface area (Å²) in [4.78, 5) is 14.1. The second kappa shape index (κ2) is 6.14. The highest BCUT2D eigenvalue weighted by atomic mass is 16.5. The zero-order valence-electron chi connectivity index (χ0n) is 12.2. The lowest BCUT2D eigenvalue weighted by atomic mass is 10.1. The molecule has 0 aliphatic carbocycles.